The number of nitrogens with one attached hydrogen (secondary N) is 2. The summed E-state index contributed by atoms with van der Waals surface area (Å²) in [7, 11) is 0. The highest BCUT2D eigenvalue weighted by Gasteiger charge is 2.25. The average Bonchev–Trinajstić information content (AvgIpc) is 3.04. The van der Waals surface area contributed by atoms with Crippen LogP contribution >= 0.6 is 11.8 Å². The van der Waals surface area contributed by atoms with Crippen molar-refractivity contribution in [2.75, 3.05) is 0 Å². The molecule has 19 heavy (non-hydrogen) atoms. The van der Waals surface area contributed by atoms with E-state index < -0.39 is 0 Å². The van der Waals surface area contributed by atoms with Gasteiger partial charge in [-0.15, -0.1) is 0 Å². The van der Waals surface area contributed by atoms with Crippen LogP contribution in [0.25, 0.3) is 0 Å². The van der Waals surface area contributed by atoms with E-state index in [-0.39, 0.29) is 6.04 Å². The highest BCUT2D eigenvalue weighted by molar-refractivity contribution is 7.99. The zero-order valence-corrected chi connectivity index (χ0v) is 11.8. The topological polar surface area (TPSA) is 79.6 Å². The number of imidazole rings is 1. The molecule has 102 valence electrons. The van der Waals surface area contributed by atoms with E-state index in [2.05, 4.69) is 39.3 Å². The minimum atomic E-state index is 0.0705. The van der Waals surface area contributed by atoms with Crippen LogP contribution in [0.5, 0.6) is 0 Å². The van der Waals surface area contributed by atoms with E-state index in [4.69, 9.17) is 4.52 Å². The lowest BCUT2D eigenvalue weighted by Crippen LogP contribution is -2.28. The molecule has 1 atom stereocenters. The Labute approximate surface area is 115 Å². The van der Waals surface area contributed by atoms with E-state index >= 15 is 0 Å². The van der Waals surface area contributed by atoms with Crippen molar-refractivity contribution in [2.45, 2.75) is 43.9 Å². The molecule has 2 N–H and O–H groups in total. The predicted octanol–water partition coefficient (Wildman–Crippen LogP) is 1.82. The van der Waals surface area contributed by atoms with Crippen LogP contribution in [-0.4, -0.2) is 25.4 Å². The first-order valence-corrected chi connectivity index (χ1v) is 7.46. The van der Waals surface area contributed by atoms with Crippen LogP contribution in [0.15, 0.2) is 10.9 Å². The summed E-state index contributed by atoms with van der Waals surface area (Å²) in [6, 6.07) is 0.0705. The maximum Gasteiger partial charge on any atom is 0.244 e. The summed E-state index contributed by atoms with van der Waals surface area (Å²) in [5.74, 6) is 2.22. The van der Waals surface area contributed by atoms with Crippen molar-refractivity contribution in [3.05, 3.63) is 29.4 Å². The molecule has 7 heteroatoms. The van der Waals surface area contributed by atoms with Gasteiger partial charge in [-0.2, -0.15) is 16.7 Å². The van der Waals surface area contributed by atoms with Gasteiger partial charge in [0, 0.05) is 13.0 Å². The van der Waals surface area contributed by atoms with Crippen LogP contribution in [0.4, 0.5) is 0 Å². The van der Waals surface area contributed by atoms with Crippen molar-refractivity contribution in [1.29, 1.82) is 0 Å². The van der Waals surface area contributed by atoms with Gasteiger partial charge in [-0.25, -0.2) is 4.98 Å². The molecule has 0 saturated heterocycles. The Morgan fingerprint density at radius 1 is 1.53 bits per heavy atom. The molecule has 0 radical (unpaired) electrons. The van der Waals surface area contributed by atoms with Crippen LogP contribution in [-0.2, 0) is 18.7 Å². The Balaban J connectivity index is 1.67. The molecule has 3 heterocycles. The number of thioether (sulfide) groups is 1. The summed E-state index contributed by atoms with van der Waals surface area (Å²) >= 11 is 1.81. The van der Waals surface area contributed by atoms with Gasteiger partial charge in [-0.05, 0) is 5.25 Å². The zero-order valence-electron chi connectivity index (χ0n) is 11.0. The number of nitrogens with zero attached hydrogens (tertiary/aromatic N) is 3. The molecule has 0 aromatic carbocycles. The molecule has 2 aromatic rings. The smallest absolute Gasteiger partial charge is 0.244 e. The van der Waals surface area contributed by atoms with Crippen molar-refractivity contribution >= 4 is 11.8 Å². The van der Waals surface area contributed by atoms with Gasteiger partial charge < -0.3 is 9.51 Å². The third-order valence-electron chi connectivity index (χ3n) is 3.06. The highest BCUT2D eigenvalue weighted by Crippen LogP contribution is 2.23. The minimum absolute atomic E-state index is 0.0705. The van der Waals surface area contributed by atoms with E-state index in [0.717, 1.165) is 35.9 Å². The van der Waals surface area contributed by atoms with Gasteiger partial charge in [-0.1, -0.05) is 19.0 Å². The van der Waals surface area contributed by atoms with Gasteiger partial charge in [0.15, 0.2) is 5.82 Å². The molecule has 3 rings (SSSR count). The van der Waals surface area contributed by atoms with E-state index in [9.17, 15) is 0 Å². The Kier molecular flexibility index (Phi) is 3.56. The molecule has 0 fully saturated rings. The fourth-order valence-electron chi connectivity index (χ4n) is 2.05. The van der Waals surface area contributed by atoms with E-state index in [1.54, 1.807) is 6.33 Å². The highest BCUT2D eigenvalue weighted by atomic mass is 32.2. The number of hydrogen-bond acceptors (Lipinski definition) is 6. The fraction of sp³-hybridized carbons (Fsp3) is 0.583. The molecule has 1 aliphatic heterocycles. The number of fused-ring (bicyclic) bond motifs is 1. The van der Waals surface area contributed by atoms with Crippen LogP contribution in [0.3, 0.4) is 0 Å². The number of H-pyrrole nitrogens is 1. The zero-order chi connectivity index (χ0) is 13.2. The summed E-state index contributed by atoms with van der Waals surface area (Å²) < 4.78 is 5.35. The second-order valence-corrected chi connectivity index (χ2v) is 6.44. The van der Waals surface area contributed by atoms with Crippen LogP contribution in [0.2, 0.25) is 0 Å². The molecule has 0 bridgehead atoms. The van der Waals surface area contributed by atoms with Crippen molar-refractivity contribution in [3.63, 3.8) is 0 Å². The van der Waals surface area contributed by atoms with Crippen LogP contribution in [0.1, 0.15) is 43.0 Å². The van der Waals surface area contributed by atoms with Gasteiger partial charge in [-0.3, -0.25) is 5.32 Å². The van der Waals surface area contributed by atoms with Crippen molar-refractivity contribution < 1.29 is 4.52 Å². The predicted molar refractivity (Wildman–Crippen MR) is 72.6 cm³/mol. The first-order valence-electron chi connectivity index (χ1n) is 6.41. The third kappa shape index (κ3) is 2.82. The molecule has 6 nitrogen and oxygen atoms in total. The largest absolute Gasteiger partial charge is 0.347 e. The Hall–Kier alpha value is -1.34. The normalized spacial score (nSPS) is 18.8. The van der Waals surface area contributed by atoms with Crippen molar-refractivity contribution in [2.24, 2.45) is 0 Å². The van der Waals surface area contributed by atoms with Gasteiger partial charge in [0.1, 0.15) is 0 Å². The van der Waals surface area contributed by atoms with Crippen LogP contribution < -0.4 is 5.32 Å². The molecule has 0 saturated carbocycles. The lowest BCUT2D eigenvalue weighted by Gasteiger charge is -2.19. The van der Waals surface area contributed by atoms with Gasteiger partial charge in [0.05, 0.1) is 29.5 Å². The summed E-state index contributed by atoms with van der Waals surface area (Å²) in [6.45, 7) is 5.08. The van der Waals surface area contributed by atoms with E-state index in [0.29, 0.717) is 11.1 Å². The van der Waals surface area contributed by atoms with Crippen LogP contribution in [0, 0.1) is 0 Å². The van der Waals surface area contributed by atoms with Gasteiger partial charge in [0.2, 0.25) is 5.89 Å². The number of aromatic amines is 1. The fourth-order valence-corrected chi connectivity index (χ4v) is 2.65. The molecule has 1 unspecified atom stereocenters. The minimum Gasteiger partial charge on any atom is -0.347 e. The number of rotatable bonds is 4. The lowest BCUT2D eigenvalue weighted by molar-refractivity contribution is 0.317. The molecule has 1 aliphatic rings. The van der Waals surface area contributed by atoms with Crippen molar-refractivity contribution in [3.8, 4) is 0 Å². The molecule has 0 aliphatic carbocycles. The van der Waals surface area contributed by atoms with Gasteiger partial charge >= 0.3 is 0 Å². The molecular formula is C12H17N5OS. The molecule has 2 aromatic heterocycles. The maximum absolute atomic E-state index is 5.35. The second kappa shape index (κ2) is 5.34. The number of aromatic nitrogens is 4. The quantitative estimate of drug-likeness (QED) is 0.888. The summed E-state index contributed by atoms with van der Waals surface area (Å²) in [4.78, 5) is 11.9. The second-order valence-electron chi connectivity index (χ2n) is 4.87. The summed E-state index contributed by atoms with van der Waals surface area (Å²) in [5, 5.41) is 7.98. The Morgan fingerprint density at radius 3 is 3.26 bits per heavy atom. The van der Waals surface area contributed by atoms with Gasteiger partial charge in [0.25, 0.3) is 0 Å². The molecule has 0 amide bonds. The summed E-state index contributed by atoms with van der Waals surface area (Å²) in [5.41, 5.74) is 2.23. The SMILES string of the molecule is CC(C)SCc1noc(C2Cc3nc[nH]c3CN2)n1. The molecule has 0 spiro atoms. The monoisotopic (exact) mass is 279 g/mol. The molecular weight excluding hydrogens is 262 g/mol. The van der Waals surface area contributed by atoms with Crippen molar-refractivity contribution in [1.82, 2.24) is 25.4 Å². The maximum atomic E-state index is 5.35. The first kappa shape index (κ1) is 12.7. The van der Waals surface area contributed by atoms with E-state index in [1.165, 1.54) is 0 Å². The van der Waals surface area contributed by atoms with E-state index in [1.807, 2.05) is 11.8 Å². The lowest BCUT2D eigenvalue weighted by atomic mass is 10.1. The standard InChI is InChI=1S/C12H17N5OS/c1-7(2)19-5-11-16-12(18-17-11)9-3-8-10(4-13-9)15-6-14-8/h6-7,9,13H,3-5H2,1-2H3,(H,14,15). The Bertz CT molecular complexity index is 550. The average molecular weight is 279 g/mol. The third-order valence-corrected chi connectivity index (χ3v) is 4.15. The summed E-state index contributed by atoms with van der Waals surface area (Å²) in [6.07, 6.45) is 2.52. The first-order chi connectivity index (χ1) is 9.22. The Morgan fingerprint density at radius 2 is 2.42 bits per heavy atom. The number of hydrogen-bond donors (Lipinski definition) is 2.